The average Bonchev–Trinajstić information content (AvgIpc) is 2.78. The van der Waals surface area contributed by atoms with Gasteiger partial charge in [0, 0.05) is 0 Å². The van der Waals surface area contributed by atoms with E-state index < -0.39 is 0 Å². The first-order valence-corrected chi connectivity index (χ1v) is 6.16. The van der Waals surface area contributed by atoms with Gasteiger partial charge in [-0.25, -0.2) is 0 Å². The number of hydrogen-bond acceptors (Lipinski definition) is 0. The molecule has 0 aromatic heterocycles. The van der Waals surface area contributed by atoms with E-state index in [1.165, 1.54) is 27.8 Å². The molecule has 0 amide bonds. The van der Waals surface area contributed by atoms with E-state index >= 15 is 0 Å². The molecule has 0 saturated heterocycles. The molecule has 84 valence electrons. The van der Waals surface area contributed by atoms with E-state index in [1.807, 2.05) is 0 Å². The van der Waals surface area contributed by atoms with Crippen molar-refractivity contribution >= 4 is 6.08 Å². The highest BCUT2D eigenvalue weighted by Gasteiger charge is 2.09. The molecule has 0 aliphatic heterocycles. The fraction of sp³-hybridized carbons (Fsp3) is 0.176. The van der Waals surface area contributed by atoms with Crippen LogP contribution in [0.3, 0.4) is 0 Å². The lowest BCUT2D eigenvalue weighted by Gasteiger charge is -2.08. The number of hydrogen-bond donors (Lipinski definition) is 0. The first-order valence-electron chi connectivity index (χ1n) is 6.16. The van der Waals surface area contributed by atoms with Gasteiger partial charge in [-0.3, -0.25) is 0 Å². The van der Waals surface area contributed by atoms with Gasteiger partial charge in [-0.1, -0.05) is 60.2 Å². The molecule has 2 aromatic carbocycles. The number of allylic oxidation sites excluding steroid dienone is 1. The number of rotatable bonds is 2. The first kappa shape index (κ1) is 10.3. The molecule has 0 unspecified atom stereocenters. The predicted octanol–water partition coefficient (Wildman–Crippen LogP) is 4.16. The van der Waals surface area contributed by atoms with Crippen molar-refractivity contribution in [1.29, 1.82) is 0 Å². The highest BCUT2D eigenvalue weighted by atomic mass is 14.1. The second kappa shape index (κ2) is 4.21. The Morgan fingerprint density at radius 2 is 1.94 bits per heavy atom. The van der Waals surface area contributed by atoms with Crippen molar-refractivity contribution in [3.05, 3.63) is 76.4 Å². The van der Waals surface area contributed by atoms with Crippen molar-refractivity contribution in [3.63, 3.8) is 0 Å². The quantitative estimate of drug-likeness (QED) is 0.713. The molecule has 0 fully saturated rings. The zero-order valence-corrected chi connectivity index (χ0v) is 10.1. The Morgan fingerprint density at radius 3 is 2.82 bits per heavy atom. The summed E-state index contributed by atoms with van der Waals surface area (Å²) in [6.45, 7) is 2.15. The van der Waals surface area contributed by atoms with Crippen LogP contribution in [0.2, 0.25) is 0 Å². The van der Waals surface area contributed by atoms with Crippen LogP contribution in [0.5, 0.6) is 0 Å². The third kappa shape index (κ3) is 2.03. The molecule has 0 radical (unpaired) electrons. The molecule has 3 rings (SSSR count). The van der Waals surface area contributed by atoms with Crippen molar-refractivity contribution in [2.75, 3.05) is 0 Å². The Bertz CT molecular complexity index is 576. The SMILES string of the molecule is Cc1cccc(Cc2cccc3c2C=CC3)c1. The minimum atomic E-state index is 1.04. The lowest BCUT2D eigenvalue weighted by Crippen LogP contribution is -1.94. The number of aryl methyl sites for hydroxylation is 1. The van der Waals surface area contributed by atoms with E-state index in [9.17, 15) is 0 Å². The molecule has 1 aliphatic rings. The summed E-state index contributed by atoms with van der Waals surface area (Å²) >= 11 is 0. The maximum atomic E-state index is 2.28. The highest BCUT2D eigenvalue weighted by molar-refractivity contribution is 5.64. The Morgan fingerprint density at radius 1 is 1.06 bits per heavy atom. The van der Waals surface area contributed by atoms with Crippen molar-refractivity contribution in [1.82, 2.24) is 0 Å². The molecule has 0 bridgehead atoms. The van der Waals surface area contributed by atoms with E-state index in [4.69, 9.17) is 0 Å². The van der Waals surface area contributed by atoms with Gasteiger partial charge in [0.05, 0.1) is 0 Å². The maximum absolute atomic E-state index is 2.28. The van der Waals surface area contributed by atoms with Gasteiger partial charge in [0.25, 0.3) is 0 Å². The fourth-order valence-corrected chi connectivity index (χ4v) is 2.56. The smallest absolute Gasteiger partial charge is 0.00196 e. The van der Waals surface area contributed by atoms with Crippen LogP contribution in [0.1, 0.15) is 27.8 Å². The Kier molecular flexibility index (Phi) is 2.56. The molecular formula is C17H16. The molecular weight excluding hydrogens is 204 g/mol. The van der Waals surface area contributed by atoms with Crippen molar-refractivity contribution < 1.29 is 0 Å². The summed E-state index contributed by atoms with van der Waals surface area (Å²) in [4.78, 5) is 0. The highest BCUT2D eigenvalue weighted by Crippen LogP contribution is 2.25. The summed E-state index contributed by atoms with van der Waals surface area (Å²) in [5.41, 5.74) is 7.09. The molecule has 0 saturated carbocycles. The standard InChI is InChI=1S/C17H16/c1-13-5-2-6-14(11-13)12-16-9-3-7-15-8-4-10-17(15)16/h2-7,9-11H,8,12H2,1H3. The minimum absolute atomic E-state index is 1.04. The van der Waals surface area contributed by atoms with Gasteiger partial charge < -0.3 is 0 Å². The number of benzene rings is 2. The average molecular weight is 220 g/mol. The van der Waals surface area contributed by atoms with Crippen molar-refractivity contribution in [2.45, 2.75) is 19.8 Å². The molecule has 0 N–H and O–H groups in total. The second-order valence-corrected chi connectivity index (χ2v) is 4.76. The zero-order chi connectivity index (χ0) is 11.7. The van der Waals surface area contributed by atoms with E-state index in [0.717, 1.165) is 12.8 Å². The van der Waals surface area contributed by atoms with Gasteiger partial charge >= 0.3 is 0 Å². The van der Waals surface area contributed by atoms with E-state index in [0.29, 0.717) is 0 Å². The fourth-order valence-electron chi connectivity index (χ4n) is 2.56. The van der Waals surface area contributed by atoms with Crippen molar-refractivity contribution in [2.24, 2.45) is 0 Å². The second-order valence-electron chi connectivity index (χ2n) is 4.76. The van der Waals surface area contributed by atoms with Crippen LogP contribution >= 0.6 is 0 Å². The Hall–Kier alpha value is -1.82. The summed E-state index contributed by atoms with van der Waals surface area (Å²) < 4.78 is 0. The van der Waals surface area contributed by atoms with Gasteiger partial charge in [0.15, 0.2) is 0 Å². The summed E-state index contributed by atoms with van der Waals surface area (Å²) in [6.07, 6.45) is 6.65. The largest absolute Gasteiger partial charge is 0.0795 e. The van der Waals surface area contributed by atoms with E-state index in [-0.39, 0.29) is 0 Å². The molecule has 17 heavy (non-hydrogen) atoms. The third-order valence-corrected chi connectivity index (χ3v) is 3.39. The van der Waals surface area contributed by atoms with Crippen LogP contribution < -0.4 is 0 Å². The normalized spacial score (nSPS) is 12.8. The first-order chi connectivity index (χ1) is 8.33. The summed E-state index contributed by atoms with van der Waals surface area (Å²) in [7, 11) is 0. The van der Waals surface area contributed by atoms with Gasteiger partial charge in [-0.2, -0.15) is 0 Å². The van der Waals surface area contributed by atoms with Crippen LogP contribution in [-0.4, -0.2) is 0 Å². The molecule has 0 spiro atoms. The van der Waals surface area contributed by atoms with Crippen LogP contribution in [0.4, 0.5) is 0 Å². The molecule has 1 aliphatic carbocycles. The molecule has 0 nitrogen and oxygen atoms in total. The lowest BCUT2D eigenvalue weighted by molar-refractivity contribution is 1.16. The van der Waals surface area contributed by atoms with Gasteiger partial charge in [0.1, 0.15) is 0 Å². The van der Waals surface area contributed by atoms with Crippen LogP contribution in [0.25, 0.3) is 6.08 Å². The lowest BCUT2D eigenvalue weighted by atomic mass is 9.97. The number of fused-ring (bicyclic) bond motifs is 1. The molecule has 0 atom stereocenters. The van der Waals surface area contributed by atoms with Gasteiger partial charge in [-0.05, 0) is 42.0 Å². The molecule has 0 heterocycles. The van der Waals surface area contributed by atoms with Crippen LogP contribution in [0.15, 0.2) is 48.5 Å². The maximum Gasteiger partial charge on any atom is -0.00196 e. The zero-order valence-electron chi connectivity index (χ0n) is 10.1. The molecule has 0 heteroatoms. The topological polar surface area (TPSA) is 0 Å². The van der Waals surface area contributed by atoms with Crippen molar-refractivity contribution in [3.8, 4) is 0 Å². The van der Waals surface area contributed by atoms with Gasteiger partial charge in [0.2, 0.25) is 0 Å². The summed E-state index contributed by atoms with van der Waals surface area (Å²) in [6, 6.07) is 15.4. The Balaban J connectivity index is 1.96. The predicted molar refractivity (Wildman–Crippen MR) is 73.2 cm³/mol. The summed E-state index contributed by atoms with van der Waals surface area (Å²) in [5.74, 6) is 0. The molecule has 2 aromatic rings. The van der Waals surface area contributed by atoms with E-state index in [2.05, 4.69) is 61.5 Å². The van der Waals surface area contributed by atoms with Crippen LogP contribution in [0, 0.1) is 6.92 Å². The monoisotopic (exact) mass is 220 g/mol. The van der Waals surface area contributed by atoms with Crippen LogP contribution in [-0.2, 0) is 12.8 Å². The minimum Gasteiger partial charge on any atom is -0.0795 e. The van der Waals surface area contributed by atoms with E-state index in [1.54, 1.807) is 0 Å². The third-order valence-electron chi connectivity index (χ3n) is 3.39. The summed E-state index contributed by atoms with van der Waals surface area (Å²) in [5, 5.41) is 0. The van der Waals surface area contributed by atoms with Gasteiger partial charge in [-0.15, -0.1) is 0 Å². The Labute approximate surface area is 103 Å².